The van der Waals surface area contributed by atoms with Crippen LogP contribution in [0.15, 0.2) is 30.1 Å². The van der Waals surface area contributed by atoms with E-state index in [0.717, 1.165) is 12.2 Å². The summed E-state index contributed by atoms with van der Waals surface area (Å²) in [5.74, 6) is 0.889. The van der Waals surface area contributed by atoms with E-state index < -0.39 is 0 Å². The summed E-state index contributed by atoms with van der Waals surface area (Å²) in [7, 11) is 1.66. The van der Waals surface area contributed by atoms with Crippen molar-refractivity contribution in [2.24, 2.45) is 0 Å². The molecule has 51 valence electrons. The molecule has 0 saturated heterocycles. The molecule has 1 radical (unpaired) electrons. The normalized spacial score (nSPS) is 15.1. The van der Waals surface area contributed by atoms with Crippen molar-refractivity contribution >= 4 is 0 Å². The van der Waals surface area contributed by atoms with Crippen LogP contribution in [0, 0.1) is 6.08 Å². The summed E-state index contributed by atoms with van der Waals surface area (Å²) < 4.78 is 4.97. The number of rotatable bonds is 1. The Balaban J connectivity index is 0.000000810. The van der Waals surface area contributed by atoms with Gasteiger partial charge in [0.25, 0.3) is 0 Å². The van der Waals surface area contributed by atoms with Crippen LogP contribution in [0.5, 0.6) is 0 Å². The maximum Gasteiger partial charge on any atom is 0.0752 e. The van der Waals surface area contributed by atoms with E-state index in [1.807, 2.05) is 24.3 Å². The topological polar surface area (TPSA) is 9.23 Å². The molecule has 1 aliphatic rings. The van der Waals surface area contributed by atoms with Gasteiger partial charge in [-0.15, -0.1) is 0 Å². The zero-order valence-corrected chi connectivity index (χ0v) is 8.84. The summed E-state index contributed by atoms with van der Waals surface area (Å²) in [6.07, 6.45) is 11.6. The molecular formula is C8H9OY-. The van der Waals surface area contributed by atoms with Crippen LogP contribution >= 0.6 is 0 Å². The summed E-state index contributed by atoms with van der Waals surface area (Å²) >= 11 is 0. The molecule has 0 aliphatic heterocycles. The van der Waals surface area contributed by atoms with Crippen LogP contribution in [-0.2, 0) is 37.4 Å². The summed E-state index contributed by atoms with van der Waals surface area (Å²) in [6.45, 7) is 0. The molecule has 1 nitrogen and oxygen atoms in total. The van der Waals surface area contributed by atoms with Gasteiger partial charge in [0, 0.05) is 38.5 Å². The Hall–Kier alpha value is 0.124. The molecule has 1 aliphatic carbocycles. The maximum absolute atomic E-state index is 4.97. The second-order valence-electron chi connectivity index (χ2n) is 1.75. The van der Waals surface area contributed by atoms with E-state index in [2.05, 4.69) is 6.08 Å². The van der Waals surface area contributed by atoms with E-state index in [-0.39, 0.29) is 32.7 Å². The van der Waals surface area contributed by atoms with Gasteiger partial charge >= 0.3 is 0 Å². The third-order valence-electron chi connectivity index (χ3n) is 1.12. The van der Waals surface area contributed by atoms with Gasteiger partial charge in [0.2, 0.25) is 0 Å². The van der Waals surface area contributed by atoms with Gasteiger partial charge in [0.1, 0.15) is 0 Å². The summed E-state index contributed by atoms with van der Waals surface area (Å²) in [6, 6.07) is 0. The third kappa shape index (κ3) is 3.33. The van der Waals surface area contributed by atoms with Gasteiger partial charge < -0.3 is 4.74 Å². The number of ether oxygens (including phenoxy) is 1. The average Bonchev–Trinajstić information content (AvgIpc) is 2.13. The minimum Gasteiger partial charge on any atom is -0.516 e. The van der Waals surface area contributed by atoms with Gasteiger partial charge in [-0.3, -0.25) is 6.08 Å². The molecule has 0 aromatic rings. The van der Waals surface area contributed by atoms with Crippen molar-refractivity contribution in [3.8, 4) is 0 Å². The van der Waals surface area contributed by atoms with Crippen molar-refractivity contribution in [1.82, 2.24) is 0 Å². The molecule has 10 heavy (non-hydrogen) atoms. The molecule has 0 N–H and O–H groups in total. The Bertz CT molecular complexity index is 168. The second kappa shape index (κ2) is 5.88. The zero-order valence-electron chi connectivity index (χ0n) is 6.00. The molecule has 0 aromatic carbocycles. The van der Waals surface area contributed by atoms with Crippen molar-refractivity contribution < 1.29 is 37.4 Å². The summed E-state index contributed by atoms with van der Waals surface area (Å²) in [5, 5.41) is 0. The smallest absolute Gasteiger partial charge is 0.0752 e. The largest absolute Gasteiger partial charge is 0.516 e. The van der Waals surface area contributed by atoms with Crippen LogP contribution in [-0.4, -0.2) is 7.11 Å². The Labute approximate surface area is 86.7 Å². The fourth-order valence-corrected chi connectivity index (χ4v) is 0.644. The van der Waals surface area contributed by atoms with Gasteiger partial charge in [0.05, 0.1) is 7.11 Å². The summed E-state index contributed by atoms with van der Waals surface area (Å²) in [4.78, 5) is 0. The predicted octanol–water partition coefficient (Wildman–Crippen LogP) is 1.83. The van der Waals surface area contributed by atoms with E-state index in [0.29, 0.717) is 0 Å². The van der Waals surface area contributed by atoms with Gasteiger partial charge in [-0.2, -0.15) is 6.08 Å². The first-order chi connectivity index (χ1) is 4.43. The SMILES string of the molecule is COC1=CC=[C-]CC=C1.[Y]. The van der Waals surface area contributed by atoms with Gasteiger partial charge in [-0.25, -0.2) is 6.08 Å². The van der Waals surface area contributed by atoms with Crippen molar-refractivity contribution in [2.75, 3.05) is 7.11 Å². The van der Waals surface area contributed by atoms with Crippen LogP contribution in [0.1, 0.15) is 6.42 Å². The van der Waals surface area contributed by atoms with Crippen LogP contribution in [0.25, 0.3) is 0 Å². The second-order valence-corrected chi connectivity index (χ2v) is 1.75. The molecule has 0 bridgehead atoms. The zero-order chi connectivity index (χ0) is 6.53. The minimum atomic E-state index is 0. The first kappa shape index (κ1) is 10.1. The van der Waals surface area contributed by atoms with E-state index in [1.54, 1.807) is 7.11 Å². The molecule has 0 saturated carbocycles. The first-order valence-electron chi connectivity index (χ1n) is 2.91. The molecule has 0 spiro atoms. The molecule has 0 aromatic heterocycles. The van der Waals surface area contributed by atoms with Crippen molar-refractivity contribution in [1.29, 1.82) is 0 Å². The number of allylic oxidation sites excluding steroid dienone is 5. The average molecular weight is 210 g/mol. The van der Waals surface area contributed by atoms with E-state index in [4.69, 9.17) is 4.74 Å². The number of hydrogen-bond acceptors (Lipinski definition) is 1. The molecule has 0 fully saturated rings. The van der Waals surface area contributed by atoms with Crippen molar-refractivity contribution in [3.05, 3.63) is 36.1 Å². The van der Waals surface area contributed by atoms with Crippen LogP contribution < -0.4 is 0 Å². The van der Waals surface area contributed by atoms with E-state index in [1.165, 1.54) is 0 Å². The third-order valence-corrected chi connectivity index (χ3v) is 1.12. The van der Waals surface area contributed by atoms with Gasteiger partial charge in [-0.1, -0.05) is 12.5 Å². The Morgan fingerprint density at radius 1 is 1.60 bits per heavy atom. The molecule has 1 rings (SSSR count). The van der Waals surface area contributed by atoms with Crippen molar-refractivity contribution in [2.45, 2.75) is 6.42 Å². The number of methoxy groups -OCH3 is 1. The Kier molecular flexibility index (Phi) is 5.95. The van der Waals surface area contributed by atoms with Crippen LogP contribution in [0.4, 0.5) is 0 Å². The maximum atomic E-state index is 4.97. The van der Waals surface area contributed by atoms with E-state index >= 15 is 0 Å². The molecule has 0 amide bonds. The van der Waals surface area contributed by atoms with E-state index in [9.17, 15) is 0 Å². The Morgan fingerprint density at radius 3 is 3.10 bits per heavy atom. The first-order valence-corrected chi connectivity index (χ1v) is 2.91. The van der Waals surface area contributed by atoms with Crippen molar-refractivity contribution in [3.63, 3.8) is 0 Å². The quantitative estimate of drug-likeness (QED) is 0.600. The fourth-order valence-electron chi connectivity index (χ4n) is 0.644. The molecule has 2 heteroatoms. The van der Waals surface area contributed by atoms with Gasteiger partial charge in [-0.05, 0) is 6.08 Å². The van der Waals surface area contributed by atoms with Gasteiger partial charge in [0.15, 0.2) is 0 Å². The fraction of sp³-hybridized carbons (Fsp3) is 0.250. The molecule has 0 heterocycles. The monoisotopic (exact) mass is 210 g/mol. The minimum absolute atomic E-state index is 0. The van der Waals surface area contributed by atoms with Crippen LogP contribution in [0.2, 0.25) is 0 Å². The predicted molar refractivity (Wildman–Crippen MR) is 36.7 cm³/mol. The molecular weight excluding hydrogens is 201 g/mol. The summed E-state index contributed by atoms with van der Waals surface area (Å²) in [5.41, 5.74) is 0. The number of hydrogen-bond donors (Lipinski definition) is 0. The molecule has 0 atom stereocenters. The Morgan fingerprint density at radius 2 is 2.40 bits per heavy atom. The standard InChI is InChI=1S/C8H9O.Y/c1-9-8-6-4-2-3-5-7-8;/h4-7H,2H2,1H3;/q-1;. The van der Waals surface area contributed by atoms with Crippen LogP contribution in [0.3, 0.4) is 0 Å². The molecule has 0 unspecified atom stereocenters.